The maximum atomic E-state index is 10.8. The van der Waals surface area contributed by atoms with Crippen molar-refractivity contribution in [2.45, 2.75) is 6.42 Å². The van der Waals surface area contributed by atoms with Crippen LogP contribution in [0.4, 0.5) is 0 Å². The second kappa shape index (κ2) is 5.75. The van der Waals surface area contributed by atoms with Gasteiger partial charge in [0.1, 0.15) is 11.5 Å². The zero-order chi connectivity index (χ0) is 13.8. The lowest BCUT2D eigenvalue weighted by Crippen LogP contribution is -2.24. The topological polar surface area (TPSA) is 58.6 Å². The van der Waals surface area contributed by atoms with Crippen LogP contribution in [0.15, 0.2) is 29.6 Å². The summed E-state index contributed by atoms with van der Waals surface area (Å²) >= 11 is 1.47. The molecule has 2 aromatic rings. The number of thiophene rings is 1. The van der Waals surface area contributed by atoms with Gasteiger partial charge in [-0.05, 0) is 35.2 Å². The minimum Gasteiger partial charge on any atom is -0.550 e. The first-order valence-electron chi connectivity index (χ1n) is 5.64. The van der Waals surface area contributed by atoms with Crippen molar-refractivity contribution >= 4 is 17.3 Å². The minimum absolute atomic E-state index is 0.112. The van der Waals surface area contributed by atoms with Crippen LogP contribution < -0.4 is 14.6 Å². The van der Waals surface area contributed by atoms with E-state index in [2.05, 4.69) is 0 Å². The van der Waals surface area contributed by atoms with E-state index in [-0.39, 0.29) is 6.42 Å². The van der Waals surface area contributed by atoms with E-state index in [9.17, 15) is 9.90 Å². The fourth-order valence-corrected chi connectivity index (χ4v) is 2.80. The van der Waals surface area contributed by atoms with Crippen LogP contribution in [0.5, 0.6) is 11.5 Å². The molecule has 100 valence electrons. The van der Waals surface area contributed by atoms with Crippen LogP contribution in [0.2, 0.25) is 0 Å². The lowest BCUT2D eigenvalue weighted by Gasteiger charge is -2.11. The number of rotatable bonds is 5. The summed E-state index contributed by atoms with van der Waals surface area (Å²) in [6.45, 7) is 0. The van der Waals surface area contributed by atoms with Crippen molar-refractivity contribution in [3.63, 3.8) is 0 Å². The molecule has 0 N–H and O–H groups in total. The van der Waals surface area contributed by atoms with Gasteiger partial charge in [-0.2, -0.15) is 0 Å². The number of carboxylic acid groups (broad SMARTS) is 1. The first-order valence-corrected chi connectivity index (χ1v) is 6.52. The number of carboxylic acids is 1. The fraction of sp³-hybridized carbons (Fsp3) is 0.214. The van der Waals surface area contributed by atoms with Gasteiger partial charge in [0.05, 0.1) is 14.2 Å². The lowest BCUT2D eigenvalue weighted by molar-refractivity contribution is -0.304. The standard InChI is InChI=1S/C14H14O4S/c1-17-10-3-4-12(18-2)11(8-10)14-9(5-6-19-14)7-13(15)16/h3-6,8H,7H2,1-2H3,(H,15,16)/p-1. The minimum atomic E-state index is -1.10. The highest BCUT2D eigenvalue weighted by molar-refractivity contribution is 7.13. The van der Waals surface area contributed by atoms with Gasteiger partial charge in [0.2, 0.25) is 0 Å². The van der Waals surface area contributed by atoms with Gasteiger partial charge < -0.3 is 19.4 Å². The van der Waals surface area contributed by atoms with E-state index < -0.39 is 5.97 Å². The molecule has 0 aliphatic rings. The first kappa shape index (κ1) is 13.4. The molecule has 0 saturated carbocycles. The van der Waals surface area contributed by atoms with Gasteiger partial charge in [0, 0.05) is 22.8 Å². The van der Waals surface area contributed by atoms with Crippen molar-refractivity contribution in [3.8, 4) is 21.9 Å². The molecule has 0 aliphatic heterocycles. The maximum absolute atomic E-state index is 10.8. The smallest absolute Gasteiger partial charge is 0.127 e. The summed E-state index contributed by atoms with van der Waals surface area (Å²) in [6, 6.07) is 7.23. The molecule has 19 heavy (non-hydrogen) atoms. The van der Waals surface area contributed by atoms with E-state index in [0.717, 1.165) is 16.0 Å². The third-order valence-corrected chi connectivity index (χ3v) is 3.72. The fourth-order valence-electron chi connectivity index (χ4n) is 1.86. The summed E-state index contributed by atoms with van der Waals surface area (Å²) in [5.41, 5.74) is 1.55. The zero-order valence-electron chi connectivity index (χ0n) is 10.6. The molecule has 1 aromatic carbocycles. The molecule has 0 fully saturated rings. The van der Waals surface area contributed by atoms with Crippen LogP contribution in [-0.2, 0) is 11.2 Å². The van der Waals surface area contributed by atoms with Gasteiger partial charge in [-0.15, -0.1) is 11.3 Å². The van der Waals surface area contributed by atoms with E-state index in [0.29, 0.717) is 11.5 Å². The second-order valence-corrected chi connectivity index (χ2v) is 4.81. The zero-order valence-corrected chi connectivity index (χ0v) is 11.5. The largest absolute Gasteiger partial charge is 0.550 e. The molecule has 0 saturated heterocycles. The summed E-state index contributed by atoms with van der Waals surface area (Å²) in [5, 5.41) is 12.6. The van der Waals surface area contributed by atoms with Gasteiger partial charge in [0.25, 0.3) is 0 Å². The Morgan fingerprint density at radius 3 is 2.68 bits per heavy atom. The molecule has 0 radical (unpaired) electrons. The molecule has 2 rings (SSSR count). The highest BCUT2D eigenvalue weighted by Gasteiger charge is 2.13. The van der Waals surface area contributed by atoms with Crippen LogP contribution >= 0.6 is 11.3 Å². The van der Waals surface area contributed by atoms with E-state index in [1.54, 1.807) is 32.4 Å². The third kappa shape index (κ3) is 2.88. The third-order valence-electron chi connectivity index (χ3n) is 2.73. The quantitative estimate of drug-likeness (QED) is 0.835. The Kier molecular flexibility index (Phi) is 4.06. The van der Waals surface area contributed by atoms with Gasteiger partial charge in [0.15, 0.2) is 0 Å². The summed E-state index contributed by atoms with van der Waals surface area (Å²) < 4.78 is 10.5. The van der Waals surface area contributed by atoms with Crippen molar-refractivity contribution in [3.05, 3.63) is 35.2 Å². The highest BCUT2D eigenvalue weighted by Crippen LogP contribution is 2.38. The summed E-state index contributed by atoms with van der Waals surface area (Å²) in [7, 11) is 3.17. The Bertz CT molecular complexity index is 589. The number of hydrogen-bond acceptors (Lipinski definition) is 5. The first-order chi connectivity index (χ1) is 9.15. The second-order valence-electron chi connectivity index (χ2n) is 3.89. The van der Waals surface area contributed by atoms with Crippen molar-refractivity contribution in [2.24, 2.45) is 0 Å². The van der Waals surface area contributed by atoms with Crippen LogP contribution in [0.1, 0.15) is 5.56 Å². The Hall–Kier alpha value is -2.01. The van der Waals surface area contributed by atoms with Crippen molar-refractivity contribution in [1.29, 1.82) is 0 Å². The Balaban J connectivity index is 2.51. The molecular weight excluding hydrogens is 264 g/mol. The average Bonchev–Trinajstić information content (AvgIpc) is 2.85. The number of carbonyl (C=O) groups excluding carboxylic acids is 1. The van der Waals surface area contributed by atoms with Crippen molar-refractivity contribution in [1.82, 2.24) is 0 Å². The molecule has 0 spiro atoms. The maximum Gasteiger partial charge on any atom is 0.127 e. The molecule has 5 heteroatoms. The van der Waals surface area contributed by atoms with Crippen molar-refractivity contribution < 1.29 is 19.4 Å². The van der Waals surface area contributed by atoms with Crippen LogP contribution in [-0.4, -0.2) is 20.2 Å². The monoisotopic (exact) mass is 277 g/mol. The summed E-state index contributed by atoms with van der Waals surface area (Å²) in [5.74, 6) is 0.285. The van der Waals surface area contributed by atoms with E-state index in [1.807, 2.05) is 11.4 Å². The van der Waals surface area contributed by atoms with Crippen LogP contribution in [0, 0.1) is 0 Å². The summed E-state index contributed by atoms with van der Waals surface area (Å²) in [6.07, 6.45) is -0.112. The predicted octanol–water partition coefficient (Wildman–Crippen LogP) is 1.72. The lowest BCUT2D eigenvalue weighted by atomic mass is 10.1. The molecule has 4 nitrogen and oxygen atoms in total. The predicted molar refractivity (Wildman–Crippen MR) is 71.6 cm³/mol. The normalized spacial score (nSPS) is 10.2. The van der Waals surface area contributed by atoms with Crippen molar-refractivity contribution in [2.75, 3.05) is 14.2 Å². The van der Waals surface area contributed by atoms with E-state index in [1.165, 1.54) is 11.3 Å². The number of methoxy groups -OCH3 is 2. The van der Waals surface area contributed by atoms with Gasteiger partial charge >= 0.3 is 0 Å². The van der Waals surface area contributed by atoms with Gasteiger partial charge in [-0.3, -0.25) is 0 Å². The number of aliphatic carboxylic acids is 1. The number of hydrogen-bond donors (Lipinski definition) is 0. The number of ether oxygens (including phenoxy) is 2. The Morgan fingerprint density at radius 2 is 2.05 bits per heavy atom. The Labute approximate surface area is 115 Å². The molecule has 0 unspecified atom stereocenters. The SMILES string of the molecule is COc1ccc(OC)c(-c2sccc2CC(=O)[O-])c1. The number of carbonyl (C=O) groups is 1. The Morgan fingerprint density at radius 1 is 1.26 bits per heavy atom. The molecule has 1 aromatic heterocycles. The van der Waals surface area contributed by atoms with Crippen LogP contribution in [0.3, 0.4) is 0 Å². The molecule has 0 bridgehead atoms. The van der Waals surface area contributed by atoms with Gasteiger partial charge in [-0.25, -0.2) is 0 Å². The molecule has 0 atom stereocenters. The number of benzene rings is 1. The highest BCUT2D eigenvalue weighted by atomic mass is 32.1. The average molecular weight is 277 g/mol. The van der Waals surface area contributed by atoms with Gasteiger partial charge in [-0.1, -0.05) is 0 Å². The molecular formula is C14H13O4S-. The summed E-state index contributed by atoms with van der Waals surface area (Å²) in [4.78, 5) is 11.6. The van der Waals surface area contributed by atoms with Crippen LogP contribution in [0.25, 0.3) is 10.4 Å². The van der Waals surface area contributed by atoms with E-state index in [4.69, 9.17) is 9.47 Å². The van der Waals surface area contributed by atoms with E-state index >= 15 is 0 Å². The molecule has 1 heterocycles. The molecule has 0 amide bonds. The molecule has 0 aliphatic carbocycles.